The number of nitrogens with zero attached hydrogens (tertiary/aromatic N) is 1. The third kappa shape index (κ3) is 2.68. The van der Waals surface area contributed by atoms with Crippen LogP contribution in [0.15, 0.2) is 30.3 Å². The lowest BCUT2D eigenvalue weighted by atomic mass is 9.83. The van der Waals surface area contributed by atoms with E-state index in [1.54, 1.807) is 6.92 Å². The van der Waals surface area contributed by atoms with Crippen LogP contribution in [0.4, 0.5) is 0 Å². The zero-order valence-electron chi connectivity index (χ0n) is 13.2. The van der Waals surface area contributed by atoms with E-state index in [1.807, 2.05) is 35.2 Å². The van der Waals surface area contributed by atoms with Crippen LogP contribution < -0.4 is 5.32 Å². The van der Waals surface area contributed by atoms with Gasteiger partial charge in [0.25, 0.3) is 0 Å². The van der Waals surface area contributed by atoms with Gasteiger partial charge in [-0.25, -0.2) is 0 Å². The van der Waals surface area contributed by atoms with Gasteiger partial charge in [0.15, 0.2) is 0 Å². The monoisotopic (exact) mass is 300 g/mol. The van der Waals surface area contributed by atoms with E-state index in [4.69, 9.17) is 0 Å². The topological polar surface area (TPSA) is 49.4 Å². The first-order valence-corrected chi connectivity index (χ1v) is 8.24. The Morgan fingerprint density at radius 1 is 1.14 bits per heavy atom. The van der Waals surface area contributed by atoms with Crippen molar-refractivity contribution in [3.05, 3.63) is 35.9 Å². The van der Waals surface area contributed by atoms with Crippen molar-refractivity contribution in [2.45, 2.75) is 38.1 Å². The molecule has 0 aromatic heterocycles. The molecule has 2 saturated heterocycles. The van der Waals surface area contributed by atoms with Crippen LogP contribution in [0.2, 0.25) is 0 Å². The van der Waals surface area contributed by atoms with E-state index >= 15 is 0 Å². The molecule has 2 heterocycles. The van der Waals surface area contributed by atoms with E-state index in [0.29, 0.717) is 13.0 Å². The first kappa shape index (κ1) is 15.2. The number of carbonyl (C=O) groups excluding carboxylic acids is 2. The van der Waals surface area contributed by atoms with Crippen LogP contribution in [0, 0.1) is 5.92 Å². The van der Waals surface area contributed by atoms with Crippen molar-refractivity contribution >= 4 is 11.7 Å². The maximum Gasteiger partial charge on any atom is 0.247 e. The number of Topliss-reactive ketones (excluding diaryl/α,β-unsaturated/α-hetero) is 1. The highest BCUT2D eigenvalue weighted by Crippen LogP contribution is 2.36. The number of piperidine rings is 1. The molecule has 1 aromatic rings. The molecule has 22 heavy (non-hydrogen) atoms. The molecule has 0 saturated carbocycles. The molecule has 1 N–H and O–H groups in total. The van der Waals surface area contributed by atoms with Crippen LogP contribution in [0.5, 0.6) is 0 Å². The van der Waals surface area contributed by atoms with Crippen LogP contribution in [0.3, 0.4) is 0 Å². The van der Waals surface area contributed by atoms with Crippen molar-refractivity contribution in [3.63, 3.8) is 0 Å². The summed E-state index contributed by atoms with van der Waals surface area (Å²) in [7, 11) is 0. The first-order valence-electron chi connectivity index (χ1n) is 8.24. The highest BCUT2D eigenvalue weighted by molar-refractivity contribution is 5.90. The van der Waals surface area contributed by atoms with E-state index in [-0.39, 0.29) is 17.6 Å². The van der Waals surface area contributed by atoms with Crippen molar-refractivity contribution in [1.29, 1.82) is 0 Å². The second kappa shape index (κ2) is 6.21. The number of hydrogen-bond acceptors (Lipinski definition) is 3. The second-order valence-electron chi connectivity index (χ2n) is 6.52. The molecule has 0 radical (unpaired) electrons. The normalized spacial score (nSPS) is 28.6. The van der Waals surface area contributed by atoms with Crippen molar-refractivity contribution < 1.29 is 9.59 Å². The largest absolute Gasteiger partial charge is 0.341 e. The number of nitrogens with one attached hydrogen (secondary N) is 1. The van der Waals surface area contributed by atoms with E-state index < -0.39 is 5.54 Å². The standard InChI is InChI=1S/C18H24N2O2/c1-14(21)15-12-18(19-13-15,16-8-4-2-5-9-16)17(22)20-10-6-3-7-11-20/h2,4-5,8-9,15,19H,3,6-7,10-13H2,1H3. The van der Waals surface area contributed by atoms with Gasteiger partial charge in [-0.3, -0.25) is 14.9 Å². The van der Waals surface area contributed by atoms with Crippen molar-refractivity contribution in [2.75, 3.05) is 19.6 Å². The van der Waals surface area contributed by atoms with E-state index in [0.717, 1.165) is 31.5 Å². The summed E-state index contributed by atoms with van der Waals surface area (Å²) in [5, 5.41) is 3.40. The van der Waals surface area contributed by atoms with Gasteiger partial charge in [-0.05, 0) is 38.2 Å². The van der Waals surface area contributed by atoms with Gasteiger partial charge < -0.3 is 4.90 Å². The molecular formula is C18H24N2O2. The van der Waals surface area contributed by atoms with Gasteiger partial charge in [-0.2, -0.15) is 0 Å². The lowest BCUT2D eigenvalue weighted by Crippen LogP contribution is -2.53. The highest BCUT2D eigenvalue weighted by atomic mass is 16.2. The minimum atomic E-state index is -0.727. The predicted molar refractivity (Wildman–Crippen MR) is 85.3 cm³/mol. The summed E-state index contributed by atoms with van der Waals surface area (Å²) in [4.78, 5) is 27.0. The summed E-state index contributed by atoms with van der Waals surface area (Å²) in [5.41, 5.74) is 0.254. The number of likely N-dealkylation sites (tertiary alicyclic amines) is 1. The summed E-state index contributed by atoms with van der Waals surface area (Å²) >= 11 is 0. The molecule has 2 aliphatic heterocycles. The first-order chi connectivity index (χ1) is 10.6. The molecule has 3 rings (SSSR count). The number of benzene rings is 1. The van der Waals surface area contributed by atoms with Gasteiger partial charge in [0.1, 0.15) is 11.3 Å². The lowest BCUT2D eigenvalue weighted by Gasteiger charge is -2.37. The molecule has 118 valence electrons. The smallest absolute Gasteiger partial charge is 0.247 e. The molecule has 0 spiro atoms. The van der Waals surface area contributed by atoms with Crippen molar-refractivity contribution in [1.82, 2.24) is 10.2 Å². The maximum absolute atomic E-state index is 13.2. The molecule has 0 bridgehead atoms. The quantitative estimate of drug-likeness (QED) is 0.930. The summed E-state index contributed by atoms with van der Waals surface area (Å²) in [6.07, 6.45) is 3.92. The third-order valence-electron chi connectivity index (χ3n) is 5.05. The molecule has 2 atom stereocenters. The fraction of sp³-hybridized carbons (Fsp3) is 0.556. The second-order valence-corrected chi connectivity index (χ2v) is 6.52. The van der Waals surface area contributed by atoms with E-state index in [1.165, 1.54) is 6.42 Å². The van der Waals surface area contributed by atoms with Crippen LogP contribution in [-0.4, -0.2) is 36.2 Å². The zero-order valence-corrected chi connectivity index (χ0v) is 13.2. The Bertz CT molecular complexity index is 551. The average molecular weight is 300 g/mol. The third-order valence-corrected chi connectivity index (χ3v) is 5.05. The minimum absolute atomic E-state index is 0.0750. The summed E-state index contributed by atoms with van der Waals surface area (Å²) < 4.78 is 0. The predicted octanol–water partition coefficient (Wildman–Crippen LogP) is 2.09. The minimum Gasteiger partial charge on any atom is -0.341 e. The van der Waals surface area contributed by atoms with Crippen LogP contribution in [0.25, 0.3) is 0 Å². The zero-order chi connectivity index (χ0) is 15.6. The molecule has 2 fully saturated rings. The average Bonchev–Trinajstić information content (AvgIpc) is 3.03. The van der Waals surface area contributed by atoms with Gasteiger partial charge in [-0.15, -0.1) is 0 Å². The molecule has 2 aliphatic rings. The SMILES string of the molecule is CC(=O)C1CNC(C(=O)N2CCCCC2)(c2ccccc2)C1. The summed E-state index contributed by atoms with van der Waals surface area (Å²) in [6, 6.07) is 9.88. The Kier molecular flexibility index (Phi) is 4.30. The van der Waals surface area contributed by atoms with Gasteiger partial charge in [-0.1, -0.05) is 30.3 Å². The lowest BCUT2D eigenvalue weighted by molar-refractivity contribution is -0.139. The van der Waals surface area contributed by atoms with Crippen molar-refractivity contribution in [3.8, 4) is 0 Å². The van der Waals surface area contributed by atoms with Crippen LogP contribution in [-0.2, 0) is 15.1 Å². The number of ketones is 1. The Labute approximate surface area is 131 Å². The van der Waals surface area contributed by atoms with E-state index in [2.05, 4.69) is 5.32 Å². The highest BCUT2D eigenvalue weighted by Gasteiger charge is 2.49. The van der Waals surface area contributed by atoms with Crippen molar-refractivity contribution in [2.24, 2.45) is 5.92 Å². The Hall–Kier alpha value is -1.68. The van der Waals surface area contributed by atoms with Gasteiger partial charge >= 0.3 is 0 Å². The van der Waals surface area contributed by atoms with Gasteiger partial charge in [0.2, 0.25) is 5.91 Å². The molecule has 1 aromatic carbocycles. The number of amides is 1. The van der Waals surface area contributed by atoms with E-state index in [9.17, 15) is 9.59 Å². The molecule has 2 unspecified atom stereocenters. The Morgan fingerprint density at radius 3 is 2.41 bits per heavy atom. The fourth-order valence-electron chi connectivity index (χ4n) is 3.69. The molecule has 4 heteroatoms. The number of carbonyl (C=O) groups is 2. The number of rotatable bonds is 3. The maximum atomic E-state index is 13.2. The number of hydrogen-bond donors (Lipinski definition) is 1. The Balaban J connectivity index is 1.93. The van der Waals surface area contributed by atoms with Gasteiger partial charge in [0.05, 0.1) is 0 Å². The molecular weight excluding hydrogens is 276 g/mol. The summed E-state index contributed by atoms with van der Waals surface area (Å²) in [5.74, 6) is 0.229. The Morgan fingerprint density at radius 2 is 1.82 bits per heavy atom. The molecule has 0 aliphatic carbocycles. The fourth-order valence-corrected chi connectivity index (χ4v) is 3.69. The van der Waals surface area contributed by atoms with Crippen LogP contribution in [0.1, 0.15) is 38.2 Å². The molecule has 1 amide bonds. The van der Waals surface area contributed by atoms with Crippen LogP contribution >= 0.6 is 0 Å². The van der Waals surface area contributed by atoms with Gasteiger partial charge in [0, 0.05) is 25.6 Å². The summed E-state index contributed by atoms with van der Waals surface area (Å²) in [6.45, 7) is 3.88. The molecule has 4 nitrogen and oxygen atoms in total.